The van der Waals surface area contributed by atoms with Crippen LogP contribution < -0.4 is 5.73 Å². The van der Waals surface area contributed by atoms with Gasteiger partial charge in [-0.1, -0.05) is 28.1 Å². The molecule has 0 saturated carbocycles. The van der Waals surface area contributed by atoms with Crippen LogP contribution in [0.3, 0.4) is 0 Å². The number of hydrogen-bond donors (Lipinski definition) is 1. The van der Waals surface area contributed by atoms with E-state index >= 15 is 0 Å². The summed E-state index contributed by atoms with van der Waals surface area (Å²) >= 11 is 5.14. The Bertz CT molecular complexity index is 738. The van der Waals surface area contributed by atoms with Crippen molar-refractivity contribution < 1.29 is 0 Å². The first-order valence-corrected chi connectivity index (χ1v) is 7.55. The molecular formula is C14H12BrN3S. The second kappa shape index (κ2) is 5.00. The van der Waals surface area contributed by atoms with Crippen LogP contribution in [0.25, 0.3) is 10.9 Å². The summed E-state index contributed by atoms with van der Waals surface area (Å²) in [4.78, 5) is 8.93. The first-order valence-electron chi connectivity index (χ1n) is 5.87. The molecule has 1 atom stereocenters. The normalized spacial score (nSPS) is 12.8. The number of aryl methyl sites for hydroxylation is 1. The average molecular weight is 334 g/mol. The first kappa shape index (κ1) is 12.7. The van der Waals surface area contributed by atoms with Crippen molar-refractivity contribution >= 4 is 38.2 Å². The van der Waals surface area contributed by atoms with E-state index in [1.54, 1.807) is 17.5 Å². The quantitative estimate of drug-likeness (QED) is 0.775. The highest BCUT2D eigenvalue weighted by molar-refractivity contribution is 9.10. The van der Waals surface area contributed by atoms with Crippen LogP contribution >= 0.6 is 27.3 Å². The minimum Gasteiger partial charge on any atom is -0.318 e. The molecule has 3 nitrogen and oxygen atoms in total. The Hall–Kier alpha value is -1.30. The lowest BCUT2D eigenvalue weighted by Gasteiger charge is -2.12. The molecule has 2 heterocycles. The number of halogens is 1. The van der Waals surface area contributed by atoms with Crippen molar-refractivity contribution in [2.75, 3.05) is 0 Å². The number of rotatable bonds is 2. The molecule has 0 saturated heterocycles. The smallest absolute Gasteiger partial charge is 0.114 e. The van der Waals surface area contributed by atoms with E-state index in [1.807, 2.05) is 36.6 Å². The van der Waals surface area contributed by atoms with Gasteiger partial charge in [0.15, 0.2) is 0 Å². The average Bonchev–Trinajstić information content (AvgIpc) is 2.86. The number of fused-ring (bicyclic) bond motifs is 1. The lowest BCUT2D eigenvalue weighted by Crippen LogP contribution is -2.12. The molecule has 1 aromatic carbocycles. The molecule has 0 aliphatic rings. The lowest BCUT2D eigenvalue weighted by atomic mass is 10.0. The second-order valence-electron chi connectivity index (χ2n) is 4.34. The fraction of sp³-hybridized carbons (Fsp3) is 0.143. The van der Waals surface area contributed by atoms with Gasteiger partial charge in [-0.05, 0) is 19.1 Å². The predicted octanol–water partition coefficient (Wildman–Crippen LogP) is 3.81. The SMILES string of the molecule is Cc1csc(C(N)c2ccc(Br)c3cccnc23)n1. The monoisotopic (exact) mass is 333 g/mol. The Balaban J connectivity index is 2.18. The summed E-state index contributed by atoms with van der Waals surface area (Å²) in [6, 6.07) is 7.76. The van der Waals surface area contributed by atoms with E-state index in [2.05, 4.69) is 25.9 Å². The van der Waals surface area contributed by atoms with Crippen LogP contribution in [0.15, 0.2) is 40.3 Å². The highest BCUT2D eigenvalue weighted by Gasteiger charge is 2.16. The van der Waals surface area contributed by atoms with Crippen LogP contribution in [0.1, 0.15) is 22.3 Å². The van der Waals surface area contributed by atoms with Gasteiger partial charge < -0.3 is 5.73 Å². The molecule has 19 heavy (non-hydrogen) atoms. The van der Waals surface area contributed by atoms with Gasteiger partial charge in [0.05, 0.1) is 11.6 Å². The maximum absolute atomic E-state index is 6.34. The first-order chi connectivity index (χ1) is 9.16. The molecule has 3 rings (SSSR count). The molecule has 96 valence electrons. The number of benzene rings is 1. The Labute approximate surface area is 123 Å². The van der Waals surface area contributed by atoms with Gasteiger partial charge >= 0.3 is 0 Å². The predicted molar refractivity (Wildman–Crippen MR) is 82.3 cm³/mol. The maximum atomic E-state index is 6.34. The number of aromatic nitrogens is 2. The standard InChI is InChI=1S/C14H12BrN3S/c1-8-7-19-14(18-8)12(16)10-4-5-11(15)9-3-2-6-17-13(9)10/h2-7,12H,16H2,1H3. The molecule has 3 aromatic rings. The van der Waals surface area contributed by atoms with Crippen molar-refractivity contribution in [2.45, 2.75) is 13.0 Å². The minimum absolute atomic E-state index is 0.232. The largest absolute Gasteiger partial charge is 0.318 e. The summed E-state index contributed by atoms with van der Waals surface area (Å²) in [5.74, 6) is 0. The van der Waals surface area contributed by atoms with E-state index in [-0.39, 0.29) is 6.04 Å². The van der Waals surface area contributed by atoms with Crippen LogP contribution in [0.4, 0.5) is 0 Å². The van der Waals surface area contributed by atoms with Crippen LogP contribution in [-0.4, -0.2) is 9.97 Å². The van der Waals surface area contributed by atoms with Gasteiger partial charge in [0.25, 0.3) is 0 Å². The van der Waals surface area contributed by atoms with Crippen LogP contribution in [0.2, 0.25) is 0 Å². The van der Waals surface area contributed by atoms with Crippen LogP contribution in [0.5, 0.6) is 0 Å². The van der Waals surface area contributed by atoms with Crippen molar-refractivity contribution in [3.63, 3.8) is 0 Å². The molecule has 2 aromatic heterocycles. The van der Waals surface area contributed by atoms with E-state index in [1.165, 1.54) is 0 Å². The number of thiazole rings is 1. The molecule has 0 aliphatic carbocycles. The summed E-state index contributed by atoms with van der Waals surface area (Å²) in [7, 11) is 0. The zero-order chi connectivity index (χ0) is 13.4. The van der Waals surface area contributed by atoms with Crippen LogP contribution in [0, 0.1) is 6.92 Å². The molecule has 1 unspecified atom stereocenters. The summed E-state index contributed by atoms with van der Waals surface area (Å²) in [5.41, 5.74) is 9.28. The molecule has 0 aliphatic heterocycles. The summed E-state index contributed by atoms with van der Waals surface area (Å²) < 4.78 is 1.03. The van der Waals surface area contributed by atoms with Crippen molar-refractivity contribution in [3.8, 4) is 0 Å². The molecule has 0 spiro atoms. The zero-order valence-electron chi connectivity index (χ0n) is 10.3. The van der Waals surface area contributed by atoms with E-state index in [4.69, 9.17) is 5.73 Å². The summed E-state index contributed by atoms with van der Waals surface area (Å²) in [5, 5.41) is 4.01. The van der Waals surface area contributed by atoms with E-state index < -0.39 is 0 Å². The lowest BCUT2D eigenvalue weighted by molar-refractivity contribution is 0.857. The zero-order valence-corrected chi connectivity index (χ0v) is 12.7. The Morgan fingerprint density at radius 1 is 1.32 bits per heavy atom. The summed E-state index contributed by atoms with van der Waals surface area (Å²) in [6.45, 7) is 1.98. The highest BCUT2D eigenvalue weighted by atomic mass is 79.9. The molecule has 0 amide bonds. The van der Waals surface area contributed by atoms with Gasteiger partial charge in [-0.15, -0.1) is 11.3 Å². The molecule has 0 fully saturated rings. The molecule has 2 N–H and O–H groups in total. The van der Waals surface area contributed by atoms with Gasteiger partial charge in [0, 0.05) is 32.7 Å². The van der Waals surface area contributed by atoms with Crippen molar-refractivity contribution in [3.05, 3.63) is 56.6 Å². The van der Waals surface area contributed by atoms with Crippen LogP contribution in [-0.2, 0) is 0 Å². The fourth-order valence-electron chi connectivity index (χ4n) is 2.06. The van der Waals surface area contributed by atoms with Gasteiger partial charge in [-0.3, -0.25) is 4.98 Å². The number of nitrogens with zero attached hydrogens (tertiary/aromatic N) is 2. The third-order valence-corrected chi connectivity index (χ3v) is 4.72. The Morgan fingerprint density at radius 2 is 2.16 bits per heavy atom. The highest BCUT2D eigenvalue weighted by Crippen LogP contribution is 2.31. The Kier molecular flexibility index (Phi) is 3.35. The van der Waals surface area contributed by atoms with Crippen molar-refractivity contribution in [1.29, 1.82) is 0 Å². The Morgan fingerprint density at radius 3 is 2.89 bits per heavy atom. The number of nitrogens with two attached hydrogens (primary N) is 1. The van der Waals surface area contributed by atoms with Gasteiger partial charge in [0.1, 0.15) is 5.01 Å². The van der Waals surface area contributed by atoms with E-state index in [0.717, 1.165) is 31.6 Å². The minimum atomic E-state index is -0.232. The van der Waals surface area contributed by atoms with E-state index in [0.29, 0.717) is 0 Å². The van der Waals surface area contributed by atoms with Gasteiger partial charge in [-0.2, -0.15) is 0 Å². The van der Waals surface area contributed by atoms with Crippen molar-refractivity contribution in [2.24, 2.45) is 5.73 Å². The summed E-state index contributed by atoms with van der Waals surface area (Å²) in [6.07, 6.45) is 1.79. The number of hydrogen-bond acceptors (Lipinski definition) is 4. The third kappa shape index (κ3) is 2.29. The van der Waals surface area contributed by atoms with Gasteiger partial charge in [0.2, 0.25) is 0 Å². The molecular weight excluding hydrogens is 322 g/mol. The second-order valence-corrected chi connectivity index (χ2v) is 6.08. The number of pyridine rings is 1. The molecule has 5 heteroatoms. The molecule has 0 bridgehead atoms. The van der Waals surface area contributed by atoms with Gasteiger partial charge in [-0.25, -0.2) is 4.98 Å². The maximum Gasteiger partial charge on any atom is 0.114 e. The van der Waals surface area contributed by atoms with E-state index in [9.17, 15) is 0 Å². The topological polar surface area (TPSA) is 51.8 Å². The fourth-order valence-corrected chi connectivity index (χ4v) is 3.33. The van der Waals surface area contributed by atoms with Crippen molar-refractivity contribution in [1.82, 2.24) is 9.97 Å². The molecule has 0 radical (unpaired) electrons. The third-order valence-electron chi connectivity index (χ3n) is 2.99.